The average Bonchev–Trinajstić information content (AvgIpc) is 3.43. The molecule has 2 rings (SSSR count). The monoisotopic (exact) mass is 364 g/mol. The molecule has 8 heteroatoms. The van der Waals surface area contributed by atoms with Crippen molar-refractivity contribution in [3.8, 4) is 11.5 Å². The first kappa shape index (κ1) is 19.6. The van der Waals surface area contributed by atoms with Crippen LogP contribution in [-0.4, -0.2) is 62.6 Å². The van der Waals surface area contributed by atoms with E-state index in [2.05, 4.69) is 5.32 Å². The van der Waals surface area contributed by atoms with Gasteiger partial charge in [0.15, 0.2) is 18.1 Å². The van der Waals surface area contributed by atoms with Crippen molar-refractivity contribution in [3.05, 3.63) is 23.8 Å². The van der Waals surface area contributed by atoms with E-state index in [1.54, 1.807) is 6.07 Å². The van der Waals surface area contributed by atoms with Crippen LogP contribution in [0.4, 0.5) is 0 Å². The number of hydrogen-bond donors (Lipinski definition) is 1. The minimum Gasteiger partial charge on any atom is -0.493 e. The smallest absolute Gasteiger partial charge is 0.338 e. The number of nitrogens with zero attached hydrogens (tertiary/aromatic N) is 1. The summed E-state index contributed by atoms with van der Waals surface area (Å²) < 4.78 is 15.6. The van der Waals surface area contributed by atoms with Crippen molar-refractivity contribution in [3.63, 3.8) is 0 Å². The van der Waals surface area contributed by atoms with Crippen molar-refractivity contribution in [1.29, 1.82) is 0 Å². The molecule has 0 heterocycles. The molecule has 26 heavy (non-hydrogen) atoms. The zero-order valence-corrected chi connectivity index (χ0v) is 15.2. The molecule has 0 bridgehead atoms. The van der Waals surface area contributed by atoms with E-state index >= 15 is 0 Å². The van der Waals surface area contributed by atoms with E-state index in [-0.39, 0.29) is 24.1 Å². The first-order valence-corrected chi connectivity index (χ1v) is 8.45. The van der Waals surface area contributed by atoms with E-state index in [9.17, 15) is 14.4 Å². The fourth-order valence-electron chi connectivity index (χ4n) is 2.20. The standard InChI is InChI=1S/C18H24N2O6/c1-4-25-15-9-12(5-8-14(15)24-3)18(23)26-11-17(22)20(2)10-16(21)19-13-6-7-13/h5,8-9,13H,4,6-7,10-11H2,1-3H3,(H,19,21). The first-order valence-electron chi connectivity index (χ1n) is 8.45. The predicted molar refractivity (Wildman–Crippen MR) is 93.2 cm³/mol. The number of ether oxygens (including phenoxy) is 3. The minimum absolute atomic E-state index is 0.0656. The SMILES string of the molecule is CCOc1cc(C(=O)OCC(=O)N(C)CC(=O)NC2CC2)ccc1OC. The Morgan fingerprint density at radius 1 is 1.23 bits per heavy atom. The van der Waals surface area contributed by atoms with Crippen LogP contribution >= 0.6 is 0 Å². The van der Waals surface area contributed by atoms with Gasteiger partial charge in [-0.05, 0) is 38.0 Å². The normalized spacial score (nSPS) is 12.9. The van der Waals surface area contributed by atoms with Crippen molar-refractivity contribution in [2.75, 3.05) is 33.9 Å². The lowest BCUT2D eigenvalue weighted by Gasteiger charge is -2.17. The molecule has 0 saturated heterocycles. The van der Waals surface area contributed by atoms with E-state index in [0.717, 1.165) is 12.8 Å². The number of likely N-dealkylation sites (N-methyl/N-ethyl adjacent to an activating group) is 1. The van der Waals surface area contributed by atoms with Crippen LogP contribution in [0, 0.1) is 0 Å². The summed E-state index contributed by atoms with van der Waals surface area (Å²) in [6.07, 6.45) is 1.96. The number of rotatable bonds is 9. The molecular formula is C18H24N2O6. The third-order valence-corrected chi connectivity index (χ3v) is 3.77. The predicted octanol–water partition coefficient (Wildman–Crippen LogP) is 0.988. The molecule has 1 aliphatic carbocycles. The van der Waals surface area contributed by atoms with Crippen LogP contribution in [0.2, 0.25) is 0 Å². The molecule has 1 aliphatic rings. The molecule has 1 aromatic carbocycles. The van der Waals surface area contributed by atoms with Crippen LogP contribution in [0.25, 0.3) is 0 Å². The highest BCUT2D eigenvalue weighted by atomic mass is 16.5. The Morgan fingerprint density at radius 3 is 2.58 bits per heavy atom. The summed E-state index contributed by atoms with van der Waals surface area (Å²) in [5.41, 5.74) is 0.246. The second kappa shape index (κ2) is 9.07. The molecule has 0 spiro atoms. The fraction of sp³-hybridized carbons (Fsp3) is 0.500. The van der Waals surface area contributed by atoms with E-state index in [1.807, 2.05) is 6.92 Å². The van der Waals surface area contributed by atoms with Gasteiger partial charge < -0.3 is 24.4 Å². The van der Waals surface area contributed by atoms with Crippen molar-refractivity contribution in [2.24, 2.45) is 0 Å². The summed E-state index contributed by atoms with van der Waals surface area (Å²) in [4.78, 5) is 37.1. The molecule has 8 nitrogen and oxygen atoms in total. The largest absolute Gasteiger partial charge is 0.493 e. The van der Waals surface area contributed by atoms with Crippen molar-refractivity contribution in [1.82, 2.24) is 10.2 Å². The number of esters is 1. The topological polar surface area (TPSA) is 94.2 Å². The first-order chi connectivity index (χ1) is 12.4. The molecule has 142 valence electrons. The molecule has 0 radical (unpaired) electrons. The molecule has 0 aliphatic heterocycles. The summed E-state index contributed by atoms with van der Waals surface area (Å²) in [5, 5.41) is 2.79. The van der Waals surface area contributed by atoms with Crippen molar-refractivity contribution < 1.29 is 28.6 Å². The Morgan fingerprint density at radius 2 is 1.96 bits per heavy atom. The molecule has 0 unspecified atom stereocenters. The van der Waals surface area contributed by atoms with Gasteiger partial charge in [-0.1, -0.05) is 0 Å². The molecular weight excluding hydrogens is 340 g/mol. The maximum Gasteiger partial charge on any atom is 0.338 e. The van der Waals surface area contributed by atoms with Gasteiger partial charge in [0.05, 0.1) is 25.8 Å². The maximum atomic E-state index is 12.1. The van der Waals surface area contributed by atoms with Crippen LogP contribution in [0.1, 0.15) is 30.1 Å². The highest BCUT2D eigenvalue weighted by molar-refractivity contribution is 5.92. The number of methoxy groups -OCH3 is 1. The summed E-state index contributed by atoms with van der Waals surface area (Å²) in [7, 11) is 2.99. The summed E-state index contributed by atoms with van der Waals surface area (Å²) in [6.45, 7) is 1.73. The Kier molecular flexibility index (Phi) is 6.82. The fourth-order valence-corrected chi connectivity index (χ4v) is 2.20. The van der Waals surface area contributed by atoms with E-state index in [1.165, 1.54) is 31.2 Å². The van der Waals surface area contributed by atoms with E-state index in [4.69, 9.17) is 14.2 Å². The zero-order chi connectivity index (χ0) is 19.1. The van der Waals surface area contributed by atoms with Gasteiger partial charge in [-0.3, -0.25) is 9.59 Å². The third-order valence-electron chi connectivity index (χ3n) is 3.77. The summed E-state index contributed by atoms with van der Waals surface area (Å²) >= 11 is 0. The zero-order valence-electron chi connectivity index (χ0n) is 15.2. The van der Waals surface area contributed by atoms with Crippen molar-refractivity contribution >= 4 is 17.8 Å². The van der Waals surface area contributed by atoms with Crippen LogP contribution in [0.3, 0.4) is 0 Å². The van der Waals surface area contributed by atoms with Gasteiger partial charge >= 0.3 is 5.97 Å². The Labute approximate surface area is 152 Å². The lowest BCUT2D eigenvalue weighted by atomic mass is 10.2. The van der Waals surface area contributed by atoms with Gasteiger partial charge in [-0.2, -0.15) is 0 Å². The maximum absolute atomic E-state index is 12.1. The van der Waals surface area contributed by atoms with Gasteiger partial charge in [0.25, 0.3) is 5.91 Å². The quantitative estimate of drug-likeness (QED) is 0.657. The molecule has 1 N–H and O–H groups in total. The van der Waals surface area contributed by atoms with Crippen LogP contribution in [0.5, 0.6) is 11.5 Å². The second-order valence-corrected chi connectivity index (χ2v) is 5.97. The molecule has 0 atom stereocenters. The van der Waals surface area contributed by atoms with E-state index in [0.29, 0.717) is 18.1 Å². The molecule has 1 fully saturated rings. The number of amides is 2. The van der Waals surface area contributed by atoms with Crippen LogP contribution in [-0.2, 0) is 14.3 Å². The van der Waals surface area contributed by atoms with Gasteiger partial charge in [-0.25, -0.2) is 4.79 Å². The minimum atomic E-state index is -0.655. The van der Waals surface area contributed by atoms with Crippen LogP contribution in [0.15, 0.2) is 18.2 Å². The number of hydrogen-bond acceptors (Lipinski definition) is 6. The van der Waals surface area contributed by atoms with Gasteiger partial charge in [0.2, 0.25) is 5.91 Å². The summed E-state index contributed by atoms with van der Waals surface area (Å²) in [5.74, 6) is -0.405. The van der Waals surface area contributed by atoms with Gasteiger partial charge in [0.1, 0.15) is 0 Å². The number of benzene rings is 1. The third kappa shape index (κ3) is 5.65. The number of nitrogens with one attached hydrogen (secondary N) is 1. The number of carbonyl (C=O) groups excluding carboxylic acids is 3. The Bertz CT molecular complexity index is 672. The summed E-state index contributed by atoms with van der Waals surface area (Å²) in [6, 6.07) is 4.86. The Hall–Kier alpha value is -2.77. The average molecular weight is 364 g/mol. The van der Waals surface area contributed by atoms with Gasteiger partial charge in [0, 0.05) is 13.1 Å². The van der Waals surface area contributed by atoms with Crippen LogP contribution < -0.4 is 14.8 Å². The lowest BCUT2D eigenvalue weighted by Crippen LogP contribution is -2.40. The van der Waals surface area contributed by atoms with Gasteiger partial charge in [-0.15, -0.1) is 0 Å². The highest BCUT2D eigenvalue weighted by Crippen LogP contribution is 2.28. The highest BCUT2D eigenvalue weighted by Gasteiger charge is 2.24. The molecule has 1 saturated carbocycles. The molecule has 1 aromatic rings. The second-order valence-electron chi connectivity index (χ2n) is 5.97. The molecule has 0 aromatic heterocycles. The van der Waals surface area contributed by atoms with E-state index < -0.39 is 18.5 Å². The lowest BCUT2D eigenvalue weighted by molar-refractivity contribution is -0.137. The molecule has 2 amide bonds. The van der Waals surface area contributed by atoms with Crippen molar-refractivity contribution in [2.45, 2.75) is 25.8 Å². The Balaban J connectivity index is 1.85. The number of carbonyl (C=O) groups is 3.